The summed E-state index contributed by atoms with van der Waals surface area (Å²) in [4.78, 5) is 15.8. The zero-order valence-corrected chi connectivity index (χ0v) is 14.0. The highest BCUT2D eigenvalue weighted by atomic mass is 32.2. The lowest BCUT2D eigenvalue weighted by molar-refractivity contribution is -0.160. The molecule has 0 aromatic heterocycles. The van der Waals surface area contributed by atoms with Crippen molar-refractivity contribution in [1.29, 1.82) is 0 Å². The Kier molecular flexibility index (Phi) is 5.71. The van der Waals surface area contributed by atoms with Crippen LogP contribution in [0.5, 0.6) is 0 Å². The van der Waals surface area contributed by atoms with Gasteiger partial charge in [-0.15, -0.1) is 11.8 Å². The minimum Gasteiger partial charge on any atom is -0.459 e. The molecule has 0 amide bonds. The number of esters is 1. The van der Waals surface area contributed by atoms with Crippen LogP contribution in [0, 0.1) is 0 Å². The Hall–Kier alpha value is -1.00. The second kappa shape index (κ2) is 7.32. The maximum atomic E-state index is 12.2. The standard InChI is InChI=1S/C17H25NO2S/c1-17(2,3)20-16(19)15-10-7-11-18(15)12-13-21-14-8-5-4-6-9-14/h4-6,8-9,15H,7,10-13H2,1-3H3/t15-/m1/s1. The summed E-state index contributed by atoms with van der Waals surface area (Å²) < 4.78 is 5.53. The Balaban J connectivity index is 1.80. The first kappa shape index (κ1) is 16.4. The van der Waals surface area contributed by atoms with Crippen molar-refractivity contribution in [1.82, 2.24) is 4.90 Å². The molecule has 21 heavy (non-hydrogen) atoms. The molecule has 1 aromatic rings. The van der Waals surface area contributed by atoms with Crippen molar-refractivity contribution in [2.75, 3.05) is 18.8 Å². The Morgan fingerprint density at radius 3 is 2.71 bits per heavy atom. The molecule has 0 spiro atoms. The van der Waals surface area contributed by atoms with Crippen LogP contribution in [0.3, 0.4) is 0 Å². The number of carbonyl (C=O) groups excluding carboxylic acids is 1. The van der Waals surface area contributed by atoms with Gasteiger partial charge in [-0.05, 0) is 52.3 Å². The summed E-state index contributed by atoms with van der Waals surface area (Å²) in [7, 11) is 0. The predicted octanol–water partition coefficient (Wildman–Crippen LogP) is 3.58. The van der Waals surface area contributed by atoms with Gasteiger partial charge in [0.25, 0.3) is 0 Å². The van der Waals surface area contributed by atoms with E-state index in [1.54, 1.807) is 0 Å². The summed E-state index contributed by atoms with van der Waals surface area (Å²) >= 11 is 1.84. The first-order valence-electron chi connectivity index (χ1n) is 7.60. The SMILES string of the molecule is CC(C)(C)OC(=O)[C@H]1CCCN1CCSc1ccccc1. The topological polar surface area (TPSA) is 29.5 Å². The average molecular weight is 307 g/mol. The van der Waals surface area contributed by atoms with Crippen LogP contribution in [0.2, 0.25) is 0 Å². The third kappa shape index (κ3) is 5.36. The molecule has 0 radical (unpaired) electrons. The van der Waals surface area contributed by atoms with E-state index in [0.29, 0.717) is 0 Å². The van der Waals surface area contributed by atoms with Gasteiger partial charge in [-0.1, -0.05) is 18.2 Å². The van der Waals surface area contributed by atoms with Crippen molar-refractivity contribution in [3.05, 3.63) is 30.3 Å². The number of hydrogen-bond donors (Lipinski definition) is 0. The third-order valence-corrected chi connectivity index (χ3v) is 4.43. The highest BCUT2D eigenvalue weighted by molar-refractivity contribution is 7.99. The maximum absolute atomic E-state index is 12.2. The lowest BCUT2D eigenvalue weighted by Gasteiger charge is -2.27. The molecule has 4 heteroatoms. The van der Waals surface area contributed by atoms with Crippen molar-refractivity contribution in [2.45, 2.75) is 50.2 Å². The molecule has 1 aliphatic rings. The summed E-state index contributed by atoms with van der Waals surface area (Å²) in [6.45, 7) is 7.71. The van der Waals surface area contributed by atoms with Crippen LogP contribution < -0.4 is 0 Å². The number of thioether (sulfide) groups is 1. The Bertz CT molecular complexity index is 456. The van der Waals surface area contributed by atoms with Crippen LogP contribution in [-0.4, -0.2) is 41.4 Å². The van der Waals surface area contributed by atoms with Gasteiger partial charge in [-0.3, -0.25) is 9.69 Å². The molecular formula is C17H25NO2S. The quantitative estimate of drug-likeness (QED) is 0.614. The van der Waals surface area contributed by atoms with Crippen molar-refractivity contribution in [3.63, 3.8) is 0 Å². The lowest BCUT2D eigenvalue weighted by atomic mass is 10.1. The third-order valence-electron chi connectivity index (χ3n) is 3.43. The van der Waals surface area contributed by atoms with E-state index in [1.807, 2.05) is 38.6 Å². The minimum atomic E-state index is -0.399. The number of ether oxygens (including phenoxy) is 1. The smallest absolute Gasteiger partial charge is 0.323 e. The van der Waals surface area contributed by atoms with Crippen molar-refractivity contribution in [3.8, 4) is 0 Å². The number of likely N-dealkylation sites (tertiary alicyclic amines) is 1. The van der Waals surface area contributed by atoms with Crippen LogP contribution in [0.1, 0.15) is 33.6 Å². The number of hydrogen-bond acceptors (Lipinski definition) is 4. The van der Waals surface area contributed by atoms with E-state index < -0.39 is 5.60 Å². The van der Waals surface area contributed by atoms with Gasteiger partial charge in [-0.2, -0.15) is 0 Å². The largest absolute Gasteiger partial charge is 0.459 e. The molecule has 1 saturated heterocycles. The van der Waals surface area contributed by atoms with Gasteiger partial charge in [0, 0.05) is 17.2 Å². The number of benzene rings is 1. The van der Waals surface area contributed by atoms with Gasteiger partial charge in [0.2, 0.25) is 0 Å². The normalized spacial score (nSPS) is 19.7. The van der Waals surface area contributed by atoms with Gasteiger partial charge >= 0.3 is 5.97 Å². The molecule has 1 fully saturated rings. The van der Waals surface area contributed by atoms with Crippen LogP contribution in [-0.2, 0) is 9.53 Å². The zero-order valence-electron chi connectivity index (χ0n) is 13.2. The van der Waals surface area contributed by atoms with Crippen LogP contribution in [0.4, 0.5) is 0 Å². The highest BCUT2D eigenvalue weighted by Crippen LogP contribution is 2.23. The molecule has 3 nitrogen and oxygen atoms in total. The highest BCUT2D eigenvalue weighted by Gasteiger charge is 2.33. The minimum absolute atomic E-state index is 0.0550. The second-order valence-corrected chi connectivity index (χ2v) is 7.56. The van der Waals surface area contributed by atoms with E-state index in [4.69, 9.17) is 4.74 Å². The Morgan fingerprint density at radius 2 is 2.05 bits per heavy atom. The van der Waals surface area contributed by atoms with E-state index in [9.17, 15) is 4.79 Å². The van der Waals surface area contributed by atoms with Gasteiger partial charge < -0.3 is 4.74 Å². The maximum Gasteiger partial charge on any atom is 0.323 e. The molecular weight excluding hydrogens is 282 g/mol. The van der Waals surface area contributed by atoms with E-state index in [1.165, 1.54) is 4.90 Å². The summed E-state index contributed by atoms with van der Waals surface area (Å²) in [5.41, 5.74) is -0.399. The molecule has 0 saturated carbocycles. The van der Waals surface area contributed by atoms with Gasteiger partial charge in [0.1, 0.15) is 11.6 Å². The van der Waals surface area contributed by atoms with E-state index in [2.05, 4.69) is 29.2 Å². The fraction of sp³-hybridized carbons (Fsp3) is 0.588. The monoisotopic (exact) mass is 307 g/mol. The van der Waals surface area contributed by atoms with Crippen LogP contribution >= 0.6 is 11.8 Å². The molecule has 1 heterocycles. The van der Waals surface area contributed by atoms with Gasteiger partial charge in [-0.25, -0.2) is 0 Å². The first-order valence-corrected chi connectivity index (χ1v) is 8.59. The molecule has 116 valence electrons. The summed E-state index contributed by atoms with van der Waals surface area (Å²) in [6.07, 6.45) is 2.00. The average Bonchev–Trinajstić information content (AvgIpc) is 2.86. The molecule has 0 unspecified atom stereocenters. The van der Waals surface area contributed by atoms with E-state index in [-0.39, 0.29) is 12.0 Å². The number of carbonyl (C=O) groups is 1. The molecule has 0 aliphatic carbocycles. The van der Waals surface area contributed by atoms with Gasteiger partial charge in [0.15, 0.2) is 0 Å². The first-order chi connectivity index (χ1) is 9.96. The number of rotatable bonds is 5. The Labute approximate surface area is 132 Å². The zero-order chi connectivity index (χ0) is 15.3. The Morgan fingerprint density at radius 1 is 1.33 bits per heavy atom. The van der Waals surface area contributed by atoms with Crippen molar-refractivity contribution in [2.24, 2.45) is 0 Å². The lowest BCUT2D eigenvalue weighted by Crippen LogP contribution is -2.41. The summed E-state index contributed by atoms with van der Waals surface area (Å²) in [6, 6.07) is 10.3. The van der Waals surface area contributed by atoms with E-state index >= 15 is 0 Å². The fourth-order valence-electron chi connectivity index (χ4n) is 2.53. The summed E-state index contributed by atoms with van der Waals surface area (Å²) in [5.74, 6) is 0.938. The molecule has 1 atom stereocenters. The van der Waals surface area contributed by atoms with Crippen LogP contribution in [0.25, 0.3) is 0 Å². The summed E-state index contributed by atoms with van der Waals surface area (Å²) in [5, 5.41) is 0. The van der Waals surface area contributed by atoms with E-state index in [0.717, 1.165) is 31.7 Å². The molecule has 0 bridgehead atoms. The second-order valence-electron chi connectivity index (χ2n) is 6.39. The molecule has 1 aliphatic heterocycles. The van der Waals surface area contributed by atoms with Crippen LogP contribution in [0.15, 0.2) is 35.2 Å². The van der Waals surface area contributed by atoms with Crippen molar-refractivity contribution >= 4 is 17.7 Å². The molecule has 0 N–H and O–H groups in total. The molecule has 1 aromatic carbocycles. The predicted molar refractivity (Wildman–Crippen MR) is 87.6 cm³/mol. The molecule has 2 rings (SSSR count). The van der Waals surface area contributed by atoms with Crippen molar-refractivity contribution < 1.29 is 9.53 Å². The fourth-order valence-corrected chi connectivity index (χ4v) is 3.44. The number of nitrogens with zero attached hydrogens (tertiary/aromatic N) is 1. The van der Waals surface area contributed by atoms with Gasteiger partial charge in [0.05, 0.1) is 0 Å².